The summed E-state index contributed by atoms with van der Waals surface area (Å²) in [6, 6.07) is 73.1. The van der Waals surface area contributed by atoms with Crippen molar-refractivity contribution >= 4 is 76.2 Å². The zero-order valence-electron chi connectivity index (χ0n) is 29.9. The van der Waals surface area contributed by atoms with E-state index in [2.05, 4.69) is 214 Å². The van der Waals surface area contributed by atoms with Gasteiger partial charge in [-0.25, -0.2) is 0 Å². The van der Waals surface area contributed by atoms with Gasteiger partial charge in [0.05, 0.1) is 44.5 Å². The van der Waals surface area contributed by atoms with Gasteiger partial charge in [0.25, 0.3) is 0 Å². The predicted octanol–water partition coefficient (Wildman–Crippen LogP) is 13.8. The highest BCUT2D eigenvalue weighted by Crippen LogP contribution is 2.44. The molecule has 0 saturated heterocycles. The van der Waals surface area contributed by atoms with E-state index in [0.29, 0.717) is 0 Å². The number of aromatic nitrogens is 3. The highest BCUT2D eigenvalue weighted by molar-refractivity contribution is 6.29. The summed E-state index contributed by atoms with van der Waals surface area (Å²) in [5, 5.41) is 10.1. The van der Waals surface area contributed by atoms with Crippen LogP contribution in [0.5, 0.6) is 0 Å². The first kappa shape index (κ1) is 30.1. The molecule has 0 aliphatic heterocycles. The Labute approximate surface area is 317 Å². The lowest BCUT2D eigenvalue weighted by molar-refractivity contribution is 1.17. The Morgan fingerprint density at radius 1 is 0.273 bits per heavy atom. The van der Waals surface area contributed by atoms with E-state index in [9.17, 15) is 0 Å². The van der Waals surface area contributed by atoms with Gasteiger partial charge in [-0.15, -0.1) is 0 Å². The van der Waals surface area contributed by atoms with Gasteiger partial charge in [0, 0.05) is 49.0 Å². The molecule has 0 aliphatic carbocycles. The Balaban J connectivity index is 1.12. The van der Waals surface area contributed by atoms with E-state index in [-0.39, 0.29) is 0 Å². The fourth-order valence-electron chi connectivity index (χ4n) is 9.35. The molecule has 3 heterocycles. The van der Waals surface area contributed by atoms with E-state index in [1.54, 1.807) is 0 Å². The maximum absolute atomic E-state index is 2.48. The Bertz CT molecular complexity index is 3480. The standard InChI is InChI=1S/C52H33N3/c1-2-17-36(18-3-1)53-46-26-12-8-22-40(46)51-49(53)31-32-50-52(51)41-23-9-13-27-47(41)55(50)43-24-10-6-20-38(43)35-29-30-48-42(33-35)39-21-7-11-25-45(39)54(48)44-28-14-16-34-15-4-5-19-37(34)44/h1-33H. The fourth-order valence-corrected chi connectivity index (χ4v) is 9.35. The minimum atomic E-state index is 1.16. The Morgan fingerprint density at radius 3 is 1.53 bits per heavy atom. The molecule has 3 aromatic heterocycles. The van der Waals surface area contributed by atoms with Crippen molar-refractivity contribution in [1.82, 2.24) is 13.7 Å². The van der Waals surface area contributed by atoms with E-state index in [0.717, 1.165) is 5.69 Å². The van der Waals surface area contributed by atoms with E-state index in [1.165, 1.54) is 98.7 Å². The molecule has 55 heavy (non-hydrogen) atoms. The summed E-state index contributed by atoms with van der Waals surface area (Å²) < 4.78 is 7.33. The zero-order valence-corrected chi connectivity index (χ0v) is 29.9. The molecule has 0 amide bonds. The quantitative estimate of drug-likeness (QED) is 0.174. The second-order valence-electron chi connectivity index (χ2n) is 14.5. The Hall–Kier alpha value is -7.36. The van der Waals surface area contributed by atoms with Crippen LogP contribution < -0.4 is 0 Å². The van der Waals surface area contributed by atoms with E-state index >= 15 is 0 Å². The molecule has 9 aromatic carbocycles. The van der Waals surface area contributed by atoms with Gasteiger partial charge >= 0.3 is 0 Å². The third kappa shape index (κ3) is 4.26. The van der Waals surface area contributed by atoms with Crippen LogP contribution >= 0.6 is 0 Å². The van der Waals surface area contributed by atoms with Gasteiger partial charge in [0.2, 0.25) is 0 Å². The number of hydrogen-bond acceptors (Lipinski definition) is 0. The summed E-state index contributed by atoms with van der Waals surface area (Å²) in [4.78, 5) is 0. The summed E-state index contributed by atoms with van der Waals surface area (Å²) >= 11 is 0. The molecule has 3 nitrogen and oxygen atoms in total. The van der Waals surface area contributed by atoms with Gasteiger partial charge in [-0.05, 0) is 77.7 Å². The number of nitrogens with zero attached hydrogens (tertiary/aromatic N) is 3. The maximum Gasteiger partial charge on any atom is 0.0549 e. The predicted molar refractivity (Wildman–Crippen MR) is 232 cm³/mol. The highest BCUT2D eigenvalue weighted by Gasteiger charge is 2.22. The van der Waals surface area contributed by atoms with E-state index in [4.69, 9.17) is 0 Å². The molecule has 0 fully saturated rings. The average molecular weight is 700 g/mol. The molecule has 0 bridgehead atoms. The van der Waals surface area contributed by atoms with Crippen molar-refractivity contribution in [3.63, 3.8) is 0 Å². The van der Waals surface area contributed by atoms with Crippen molar-refractivity contribution in [3.8, 4) is 28.2 Å². The van der Waals surface area contributed by atoms with Gasteiger partial charge in [-0.1, -0.05) is 133 Å². The third-order valence-corrected chi connectivity index (χ3v) is 11.6. The normalized spacial score (nSPS) is 12.0. The van der Waals surface area contributed by atoms with Crippen LogP contribution in [-0.4, -0.2) is 13.7 Å². The van der Waals surface area contributed by atoms with Crippen LogP contribution in [0.2, 0.25) is 0 Å². The van der Waals surface area contributed by atoms with Crippen LogP contribution in [0, 0.1) is 0 Å². The number of para-hydroxylation sites is 5. The SMILES string of the molecule is c1ccc(-n2c3ccccc3c3c4c5ccccc5n(-c5ccccc5-c5ccc6c(c5)c5ccccc5n6-c5cccc6ccccc56)c4ccc32)cc1. The number of rotatable bonds is 4. The van der Waals surface area contributed by atoms with Crippen LogP contribution in [-0.2, 0) is 0 Å². The average Bonchev–Trinajstić information content (AvgIpc) is 3.89. The van der Waals surface area contributed by atoms with Crippen LogP contribution in [0.3, 0.4) is 0 Å². The molecule has 0 N–H and O–H groups in total. The molecular formula is C52H33N3. The summed E-state index contributed by atoms with van der Waals surface area (Å²) in [5.74, 6) is 0. The number of benzene rings is 9. The van der Waals surface area contributed by atoms with Crippen LogP contribution in [0.1, 0.15) is 0 Å². The molecule has 0 spiro atoms. The fraction of sp³-hybridized carbons (Fsp3) is 0. The van der Waals surface area contributed by atoms with Gasteiger partial charge in [0.1, 0.15) is 0 Å². The van der Waals surface area contributed by atoms with Gasteiger partial charge < -0.3 is 13.7 Å². The topological polar surface area (TPSA) is 14.8 Å². The van der Waals surface area contributed by atoms with Crippen molar-refractivity contribution < 1.29 is 0 Å². The molecule has 12 rings (SSSR count). The van der Waals surface area contributed by atoms with Crippen molar-refractivity contribution in [2.24, 2.45) is 0 Å². The van der Waals surface area contributed by atoms with E-state index in [1.807, 2.05) is 0 Å². The van der Waals surface area contributed by atoms with Crippen molar-refractivity contribution in [2.75, 3.05) is 0 Å². The largest absolute Gasteiger partial charge is 0.309 e. The molecular weight excluding hydrogens is 667 g/mol. The van der Waals surface area contributed by atoms with Crippen LogP contribution in [0.15, 0.2) is 200 Å². The molecule has 0 saturated carbocycles. The van der Waals surface area contributed by atoms with Crippen LogP contribution in [0.4, 0.5) is 0 Å². The molecule has 0 aliphatic rings. The smallest absolute Gasteiger partial charge is 0.0549 e. The molecule has 3 heteroatoms. The molecule has 0 radical (unpaired) electrons. The lowest BCUT2D eigenvalue weighted by Gasteiger charge is -2.15. The molecule has 0 atom stereocenters. The summed E-state index contributed by atoms with van der Waals surface area (Å²) in [5.41, 5.74) is 13.1. The maximum atomic E-state index is 2.48. The second-order valence-corrected chi connectivity index (χ2v) is 14.5. The Kier molecular flexibility index (Phi) is 6.34. The first-order chi connectivity index (χ1) is 27.3. The summed E-state index contributed by atoms with van der Waals surface area (Å²) in [6.07, 6.45) is 0. The summed E-state index contributed by atoms with van der Waals surface area (Å²) in [7, 11) is 0. The lowest BCUT2D eigenvalue weighted by atomic mass is 10.0. The first-order valence-corrected chi connectivity index (χ1v) is 19.0. The molecule has 12 aromatic rings. The second kappa shape index (κ2) is 11.6. The first-order valence-electron chi connectivity index (χ1n) is 19.0. The monoisotopic (exact) mass is 699 g/mol. The Morgan fingerprint density at radius 2 is 0.764 bits per heavy atom. The van der Waals surface area contributed by atoms with Gasteiger partial charge in [-0.2, -0.15) is 0 Å². The van der Waals surface area contributed by atoms with Crippen molar-refractivity contribution in [3.05, 3.63) is 200 Å². The van der Waals surface area contributed by atoms with Gasteiger partial charge in [0.15, 0.2) is 0 Å². The lowest BCUT2D eigenvalue weighted by Crippen LogP contribution is -1.97. The summed E-state index contributed by atoms with van der Waals surface area (Å²) in [6.45, 7) is 0. The minimum Gasteiger partial charge on any atom is -0.309 e. The molecule has 0 unspecified atom stereocenters. The van der Waals surface area contributed by atoms with Crippen molar-refractivity contribution in [1.29, 1.82) is 0 Å². The van der Waals surface area contributed by atoms with E-state index < -0.39 is 0 Å². The number of hydrogen-bond donors (Lipinski definition) is 0. The highest BCUT2D eigenvalue weighted by atomic mass is 15.0. The van der Waals surface area contributed by atoms with Gasteiger partial charge in [-0.3, -0.25) is 0 Å². The van der Waals surface area contributed by atoms with Crippen LogP contribution in [0.25, 0.3) is 104 Å². The zero-order chi connectivity index (χ0) is 36.0. The minimum absolute atomic E-state index is 1.16. The number of fused-ring (bicyclic) bond motifs is 11. The molecule has 256 valence electrons. The third-order valence-electron chi connectivity index (χ3n) is 11.6. The van der Waals surface area contributed by atoms with Crippen molar-refractivity contribution in [2.45, 2.75) is 0 Å².